The van der Waals surface area contributed by atoms with E-state index in [1.807, 2.05) is 0 Å². The van der Waals surface area contributed by atoms with Crippen LogP contribution in [-0.2, 0) is 9.53 Å². The van der Waals surface area contributed by atoms with Gasteiger partial charge in [0.15, 0.2) is 0 Å². The number of ether oxygens (including phenoxy) is 1. The van der Waals surface area contributed by atoms with Crippen LogP contribution < -0.4 is 0 Å². The maximum absolute atomic E-state index is 12.9. The first-order valence-corrected chi connectivity index (χ1v) is 5.35. The first-order valence-electron chi connectivity index (χ1n) is 5.35. The summed E-state index contributed by atoms with van der Waals surface area (Å²) in [5.74, 6) is -2.56. The molecule has 0 amide bonds. The fourth-order valence-electron chi connectivity index (χ4n) is 1.57. The van der Waals surface area contributed by atoms with Gasteiger partial charge in [0, 0.05) is 6.42 Å². The number of hydrogen-bond donors (Lipinski definition) is 0. The van der Waals surface area contributed by atoms with Gasteiger partial charge < -0.3 is 17.7 Å². The molecule has 0 aliphatic carbocycles. The molecule has 0 aliphatic rings. The Morgan fingerprint density at radius 2 is 1.88 bits per heavy atom. The topological polar surface area (TPSA) is 26.3 Å². The summed E-state index contributed by atoms with van der Waals surface area (Å²) in [4.78, 5) is 11.2. The van der Waals surface area contributed by atoms with Crippen molar-refractivity contribution in [2.45, 2.75) is 19.2 Å². The summed E-state index contributed by atoms with van der Waals surface area (Å²) in [5.41, 5.74) is 0.105. The number of halogens is 3. The summed E-state index contributed by atoms with van der Waals surface area (Å²) in [7, 11) is 0. The maximum Gasteiger partial charge on any atom is 0.486 e. The molecule has 0 heterocycles. The third-order valence-electron chi connectivity index (χ3n) is 2.38. The molecule has 0 aliphatic heterocycles. The summed E-state index contributed by atoms with van der Waals surface area (Å²) in [6.07, 6.45) is -0.651. The van der Waals surface area contributed by atoms with Crippen molar-refractivity contribution in [1.82, 2.24) is 0 Å². The highest BCUT2D eigenvalue weighted by atomic mass is 19.4. The summed E-state index contributed by atoms with van der Waals surface area (Å²) in [6.45, 7) is -3.46. The lowest BCUT2D eigenvalue weighted by Gasteiger charge is -2.26. The van der Waals surface area contributed by atoms with Gasteiger partial charge in [-0.1, -0.05) is 35.9 Å². The molecule has 0 saturated heterocycles. The van der Waals surface area contributed by atoms with E-state index in [0.717, 1.165) is 0 Å². The standard InChI is InChI=1S/C11H13BF3O2/c1-2-17-11(16)8-10(12(13,14)15)9-6-4-3-5-7-9/h3-7,10H,2,8H2,1H3/q-1/t10-/m0/s1. The van der Waals surface area contributed by atoms with Crippen molar-refractivity contribution < 1.29 is 22.5 Å². The van der Waals surface area contributed by atoms with Crippen molar-refractivity contribution in [3.63, 3.8) is 0 Å². The van der Waals surface area contributed by atoms with Crippen LogP contribution in [0.25, 0.3) is 0 Å². The zero-order valence-electron chi connectivity index (χ0n) is 9.41. The van der Waals surface area contributed by atoms with E-state index in [1.54, 1.807) is 13.0 Å². The van der Waals surface area contributed by atoms with E-state index in [1.165, 1.54) is 24.3 Å². The minimum Gasteiger partial charge on any atom is -0.466 e. The molecular formula is C11H13BF3O2-. The Morgan fingerprint density at radius 3 is 2.35 bits per heavy atom. The number of benzene rings is 1. The predicted molar refractivity (Wildman–Crippen MR) is 59.5 cm³/mol. The Bertz CT molecular complexity index is 365. The second-order valence-corrected chi connectivity index (χ2v) is 3.65. The average molecular weight is 245 g/mol. The fourth-order valence-corrected chi connectivity index (χ4v) is 1.57. The summed E-state index contributed by atoms with van der Waals surface area (Å²) in [6, 6.07) is 7.43. The Balaban J connectivity index is 2.87. The molecule has 0 unspecified atom stereocenters. The van der Waals surface area contributed by atoms with E-state index < -0.39 is 25.2 Å². The normalized spacial score (nSPS) is 13.2. The van der Waals surface area contributed by atoms with Crippen LogP contribution in [0.15, 0.2) is 30.3 Å². The summed E-state index contributed by atoms with van der Waals surface area (Å²) >= 11 is 0. The lowest BCUT2D eigenvalue weighted by atomic mass is 9.67. The quantitative estimate of drug-likeness (QED) is 0.588. The number of carbonyl (C=O) groups excluding carboxylic acids is 1. The van der Waals surface area contributed by atoms with Crippen molar-refractivity contribution in [1.29, 1.82) is 0 Å². The van der Waals surface area contributed by atoms with Gasteiger partial charge in [-0.3, -0.25) is 4.79 Å². The first-order chi connectivity index (χ1) is 7.95. The Morgan fingerprint density at radius 1 is 1.29 bits per heavy atom. The van der Waals surface area contributed by atoms with Crippen LogP contribution in [0.4, 0.5) is 12.9 Å². The van der Waals surface area contributed by atoms with Gasteiger partial charge in [0.05, 0.1) is 6.61 Å². The molecule has 1 aromatic carbocycles. The van der Waals surface area contributed by atoms with Gasteiger partial charge >= 0.3 is 12.9 Å². The lowest BCUT2D eigenvalue weighted by molar-refractivity contribution is -0.143. The molecule has 2 nitrogen and oxygen atoms in total. The van der Waals surface area contributed by atoms with E-state index >= 15 is 0 Å². The van der Waals surface area contributed by atoms with E-state index in [9.17, 15) is 17.7 Å². The molecule has 6 heteroatoms. The predicted octanol–water partition coefficient (Wildman–Crippen LogP) is 3.11. The number of rotatable bonds is 5. The number of esters is 1. The molecule has 1 rings (SSSR count). The third-order valence-corrected chi connectivity index (χ3v) is 2.38. The molecule has 0 bridgehead atoms. The van der Waals surface area contributed by atoms with Gasteiger partial charge in [-0.05, 0) is 12.7 Å². The van der Waals surface area contributed by atoms with E-state index in [2.05, 4.69) is 4.74 Å². The molecule has 1 aromatic rings. The Labute approximate surface area is 97.8 Å². The van der Waals surface area contributed by atoms with Gasteiger partial charge in [-0.25, -0.2) is 0 Å². The molecule has 94 valence electrons. The zero-order chi connectivity index (χ0) is 12.9. The molecule has 0 aromatic heterocycles. The van der Waals surface area contributed by atoms with Crippen LogP contribution in [-0.4, -0.2) is 19.6 Å². The highest BCUT2D eigenvalue weighted by Crippen LogP contribution is 2.33. The fraction of sp³-hybridized carbons (Fsp3) is 0.364. The van der Waals surface area contributed by atoms with Gasteiger partial charge in [0.25, 0.3) is 0 Å². The van der Waals surface area contributed by atoms with E-state index in [0.29, 0.717) is 0 Å². The number of hydrogen-bond acceptors (Lipinski definition) is 2. The highest BCUT2D eigenvalue weighted by molar-refractivity contribution is 6.60. The van der Waals surface area contributed by atoms with Crippen LogP contribution in [0.2, 0.25) is 0 Å². The van der Waals surface area contributed by atoms with Crippen LogP contribution in [0.1, 0.15) is 24.7 Å². The van der Waals surface area contributed by atoms with E-state index in [-0.39, 0.29) is 12.2 Å². The second-order valence-electron chi connectivity index (χ2n) is 3.65. The van der Waals surface area contributed by atoms with Crippen LogP contribution in [0.3, 0.4) is 0 Å². The van der Waals surface area contributed by atoms with Crippen molar-refractivity contribution in [2.24, 2.45) is 0 Å². The second kappa shape index (κ2) is 5.75. The van der Waals surface area contributed by atoms with E-state index in [4.69, 9.17) is 0 Å². The van der Waals surface area contributed by atoms with Crippen molar-refractivity contribution in [3.05, 3.63) is 35.9 Å². The summed E-state index contributed by atoms with van der Waals surface area (Å²) in [5, 5.41) is 0. The van der Waals surface area contributed by atoms with Crippen molar-refractivity contribution >= 4 is 12.9 Å². The molecule has 1 atom stereocenters. The average Bonchev–Trinajstić information content (AvgIpc) is 2.26. The largest absolute Gasteiger partial charge is 0.486 e. The Kier molecular flexibility index (Phi) is 4.60. The molecule has 0 saturated carbocycles. The van der Waals surface area contributed by atoms with Gasteiger partial charge in [-0.15, -0.1) is 0 Å². The highest BCUT2D eigenvalue weighted by Gasteiger charge is 2.37. The van der Waals surface area contributed by atoms with Crippen LogP contribution >= 0.6 is 0 Å². The van der Waals surface area contributed by atoms with Gasteiger partial charge in [-0.2, -0.15) is 0 Å². The molecular weight excluding hydrogens is 232 g/mol. The molecule has 17 heavy (non-hydrogen) atoms. The first kappa shape index (κ1) is 13.6. The van der Waals surface area contributed by atoms with Gasteiger partial charge in [0.1, 0.15) is 0 Å². The summed E-state index contributed by atoms with van der Waals surface area (Å²) < 4.78 is 43.1. The molecule has 0 radical (unpaired) electrons. The molecule has 0 spiro atoms. The minimum atomic E-state index is -5.11. The van der Waals surface area contributed by atoms with Gasteiger partial charge in [0.2, 0.25) is 0 Å². The smallest absolute Gasteiger partial charge is 0.466 e. The number of carbonyl (C=O) groups is 1. The Hall–Kier alpha value is -1.46. The molecule has 0 fully saturated rings. The maximum atomic E-state index is 12.9. The monoisotopic (exact) mass is 245 g/mol. The molecule has 0 N–H and O–H groups in total. The van der Waals surface area contributed by atoms with Crippen LogP contribution in [0.5, 0.6) is 0 Å². The van der Waals surface area contributed by atoms with Crippen molar-refractivity contribution in [2.75, 3.05) is 6.61 Å². The zero-order valence-corrected chi connectivity index (χ0v) is 9.41. The SMILES string of the molecule is CCOC(=O)C[C@@H](c1ccccc1)[B-](F)(F)F. The van der Waals surface area contributed by atoms with Crippen molar-refractivity contribution in [3.8, 4) is 0 Å². The third kappa shape index (κ3) is 4.13. The minimum absolute atomic E-state index is 0.0885. The lowest BCUT2D eigenvalue weighted by Crippen LogP contribution is -2.30. The van der Waals surface area contributed by atoms with Crippen LogP contribution in [0, 0.1) is 0 Å².